The highest BCUT2D eigenvalue weighted by molar-refractivity contribution is 5.94. The monoisotopic (exact) mass is 463 g/mol. The molecule has 1 atom stereocenters. The molecular formula is C26H33N5O3. The maximum absolute atomic E-state index is 13.2. The molecule has 34 heavy (non-hydrogen) atoms. The van der Waals surface area contributed by atoms with Crippen molar-refractivity contribution >= 4 is 11.6 Å². The average Bonchev–Trinajstić information content (AvgIpc) is 3.22. The van der Waals surface area contributed by atoms with Gasteiger partial charge in [0.15, 0.2) is 5.65 Å². The number of morpholine rings is 1. The zero-order valence-electron chi connectivity index (χ0n) is 19.6. The van der Waals surface area contributed by atoms with Crippen LogP contribution in [0.3, 0.4) is 0 Å². The van der Waals surface area contributed by atoms with E-state index in [0.717, 1.165) is 88.7 Å². The van der Waals surface area contributed by atoms with Crippen molar-refractivity contribution in [3.63, 3.8) is 0 Å². The minimum Gasteiger partial charge on any atom is -0.492 e. The van der Waals surface area contributed by atoms with Gasteiger partial charge in [-0.15, -0.1) is 0 Å². The Bertz CT molecular complexity index is 1090. The first-order valence-corrected chi connectivity index (χ1v) is 12.3. The normalized spacial score (nSPS) is 19.8. The molecule has 2 aliphatic heterocycles. The predicted octanol–water partition coefficient (Wildman–Crippen LogP) is 2.93. The maximum atomic E-state index is 13.2. The summed E-state index contributed by atoms with van der Waals surface area (Å²) in [4.78, 5) is 26.4. The van der Waals surface area contributed by atoms with Gasteiger partial charge >= 0.3 is 0 Å². The SMILES string of the molecule is O=C(c1cccc(OCCN2CCOCC2)c1)N1CCC[C@@H](Cc2cn3ccnc3cn2)CC1. The number of rotatable bonds is 7. The molecule has 8 heteroatoms. The number of amides is 1. The van der Waals surface area contributed by atoms with Crippen LogP contribution in [-0.4, -0.2) is 82.6 Å². The molecule has 0 spiro atoms. The Morgan fingerprint density at radius 3 is 2.94 bits per heavy atom. The van der Waals surface area contributed by atoms with Crippen LogP contribution in [-0.2, 0) is 11.2 Å². The molecule has 2 aromatic heterocycles. The fraction of sp³-hybridized carbons (Fsp3) is 0.500. The fourth-order valence-corrected chi connectivity index (χ4v) is 4.86. The minimum absolute atomic E-state index is 0.0947. The number of aromatic nitrogens is 3. The van der Waals surface area contributed by atoms with Crippen LogP contribution < -0.4 is 4.74 Å². The van der Waals surface area contributed by atoms with E-state index in [2.05, 4.69) is 21.1 Å². The molecule has 0 unspecified atom stereocenters. The lowest BCUT2D eigenvalue weighted by atomic mass is 9.95. The van der Waals surface area contributed by atoms with Gasteiger partial charge in [0, 0.05) is 56.9 Å². The molecule has 0 radical (unpaired) electrons. The molecule has 3 aromatic rings. The minimum atomic E-state index is 0.0947. The third-order valence-electron chi connectivity index (χ3n) is 6.83. The van der Waals surface area contributed by atoms with Crippen molar-refractivity contribution in [2.24, 2.45) is 5.92 Å². The summed E-state index contributed by atoms with van der Waals surface area (Å²) < 4.78 is 13.4. The summed E-state index contributed by atoms with van der Waals surface area (Å²) >= 11 is 0. The fourth-order valence-electron chi connectivity index (χ4n) is 4.86. The molecule has 180 valence electrons. The topological polar surface area (TPSA) is 72.2 Å². The lowest BCUT2D eigenvalue weighted by Crippen LogP contribution is -2.38. The number of carbonyl (C=O) groups is 1. The van der Waals surface area contributed by atoms with Gasteiger partial charge in [0.05, 0.1) is 25.1 Å². The number of imidazole rings is 1. The van der Waals surface area contributed by atoms with Gasteiger partial charge in [-0.2, -0.15) is 0 Å². The third kappa shape index (κ3) is 5.74. The van der Waals surface area contributed by atoms with Crippen molar-refractivity contribution in [1.82, 2.24) is 24.2 Å². The van der Waals surface area contributed by atoms with E-state index in [1.807, 2.05) is 46.0 Å². The third-order valence-corrected chi connectivity index (χ3v) is 6.83. The van der Waals surface area contributed by atoms with Gasteiger partial charge in [-0.3, -0.25) is 14.7 Å². The summed E-state index contributed by atoms with van der Waals surface area (Å²) in [5.74, 6) is 1.38. The van der Waals surface area contributed by atoms with Crippen LogP contribution in [0.2, 0.25) is 0 Å². The first-order chi connectivity index (χ1) is 16.7. The van der Waals surface area contributed by atoms with Crippen molar-refractivity contribution in [3.8, 4) is 5.75 Å². The van der Waals surface area contributed by atoms with Crippen LogP contribution in [0.15, 0.2) is 49.1 Å². The van der Waals surface area contributed by atoms with Crippen LogP contribution in [0, 0.1) is 5.92 Å². The predicted molar refractivity (Wildman–Crippen MR) is 129 cm³/mol. The summed E-state index contributed by atoms with van der Waals surface area (Å²) in [6.45, 7) is 6.54. The molecule has 2 fully saturated rings. The van der Waals surface area contributed by atoms with E-state index in [0.29, 0.717) is 18.1 Å². The Kier molecular flexibility index (Phi) is 7.36. The molecule has 0 N–H and O–H groups in total. The lowest BCUT2D eigenvalue weighted by Gasteiger charge is -2.26. The molecule has 4 heterocycles. The first-order valence-electron chi connectivity index (χ1n) is 12.3. The van der Waals surface area contributed by atoms with Gasteiger partial charge in [0.1, 0.15) is 12.4 Å². The van der Waals surface area contributed by atoms with Gasteiger partial charge in [-0.05, 0) is 49.8 Å². The highest BCUT2D eigenvalue weighted by atomic mass is 16.5. The second-order valence-corrected chi connectivity index (χ2v) is 9.19. The van der Waals surface area contributed by atoms with E-state index in [-0.39, 0.29) is 5.91 Å². The molecule has 2 saturated heterocycles. The molecular weight excluding hydrogens is 430 g/mol. The number of likely N-dealkylation sites (tertiary alicyclic amines) is 1. The van der Waals surface area contributed by atoms with Crippen LogP contribution >= 0.6 is 0 Å². The molecule has 0 saturated carbocycles. The van der Waals surface area contributed by atoms with Crippen molar-refractivity contribution in [2.45, 2.75) is 25.7 Å². The molecule has 5 rings (SSSR count). The van der Waals surface area contributed by atoms with Gasteiger partial charge < -0.3 is 18.8 Å². The Hall–Kier alpha value is -2.97. The lowest BCUT2D eigenvalue weighted by molar-refractivity contribution is 0.0322. The number of nitrogens with zero attached hydrogens (tertiary/aromatic N) is 5. The van der Waals surface area contributed by atoms with E-state index in [1.54, 1.807) is 6.20 Å². The van der Waals surface area contributed by atoms with Gasteiger partial charge in [0.25, 0.3) is 5.91 Å². The Morgan fingerprint density at radius 1 is 1.12 bits per heavy atom. The molecule has 0 bridgehead atoms. The van der Waals surface area contributed by atoms with E-state index < -0.39 is 0 Å². The number of fused-ring (bicyclic) bond motifs is 1. The van der Waals surface area contributed by atoms with Crippen LogP contribution in [0.4, 0.5) is 0 Å². The summed E-state index contributed by atoms with van der Waals surface area (Å²) in [7, 11) is 0. The zero-order chi connectivity index (χ0) is 23.2. The molecule has 1 aromatic carbocycles. The van der Waals surface area contributed by atoms with Crippen molar-refractivity contribution in [2.75, 3.05) is 52.5 Å². The van der Waals surface area contributed by atoms with E-state index in [4.69, 9.17) is 9.47 Å². The molecule has 8 nitrogen and oxygen atoms in total. The Labute approximate surface area is 200 Å². The number of benzene rings is 1. The summed E-state index contributed by atoms with van der Waals surface area (Å²) in [6, 6.07) is 7.62. The van der Waals surface area contributed by atoms with Crippen LogP contribution in [0.1, 0.15) is 35.3 Å². The molecule has 1 amide bonds. The van der Waals surface area contributed by atoms with E-state index in [1.165, 1.54) is 0 Å². The van der Waals surface area contributed by atoms with Crippen molar-refractivity contribution in [1.29, 1.82) is 0 Å². The maximum Gasteiger partial charge on any atom is 0.253 e. The summed E-state index contributed by atoms with van der Waals surface area (Å²) in [5.41, 5.74) is 2.65. The number of carbonyl (C=O) groups excluding carboxylic acids is 1. The van der Waals surface area contributed by atoms with E-state index >= 15 is 0 Å². The van der Waals surface area contributed by atoms with Gasteiger partial charge in [-0.1, -0.05) is 6.07 Å². The average molecular weight is 464 g/mol. The van der Waals surface area contributed by atoms with Gasteiger partial charge in [0.2, 0.25) is 0 Å². The molecule has 0 aliphatic carbocycles. The highest BCUT2D eigenvalue weighted by Crippen LogP contribution is 2.23. The van der Waals surface area contributed by atoms with Gasteiger partial charge in [-0.25, -0.2) is 4.98 Å². The highest BCUT2D eigenvalue weighted by Gasteiger charge is 2.22. The van der Waals surface area contributed by atoms with Crippen LogP contribution in [0.5, 0.6) is 5.75 Å². The molecule has 2 aliphatic rings. The summed E-state index contributed by atoms with van der Waals surface area (Å²) in [6.07, 6.45) is 11.7. The number of hydrogen-bond acceptors (Lipinski definition) is 6. The van der Waals surface area contributed by atoms with Crippen molar-refractivity contribution in [3.05, 3.63) is 60.3 Å². The van der Waals surface area contributed by atoms with Crippen LogP contribution in [0.25, 0.3) is 5.65 Å². The Balaban J connectivity index is 1.13. The zero-order valence-corrected chi connectivity index (χ0v) is 19.6. The summed E-state index contributed by atoms with van der Waals surface area (Å²) in [5, 5.41) is 0. The largest absolute Gasteiger partial charge is 0.492 e. The Morgan fingerprint density at radius 2 is 2.03 bits per heavy atom. The quantitative estimate of drug-likeness (QED) is 0.537. The number of ether oxygens (including phenoxy) is 2. The van der Waals surface area contributed by atoms with Crippen molar-refractivity contribution < 1.29 is 14.3 Å². The smallest absolute Gasteiger partial charge is 0.253 e. The second-order valence-electron chi connectivity index (χ2n) is 9.19. The standard InChI is InChI=1S/C26H33N5O3/c32-26(22-4-1-5-24(18-22)34-16-13-29-11-14-33-15-12-29)30-8-2-3-21(6-9-30)17-23-20-31-10-7-27-25(31)19-28-23/h1,4-5,7,10,18-21H,2-3,6,8-9,11-17H2/t21-/m1/s1. The second kappa shape index (κ2) is 11.0. The number of hydrogen-bond donors (Lipinski definition) is 0. The first kappa shape index (κ1) is 22.8. The van der Waals surface area contributed by atoms with E-state index in [9.17, 15) is 4.79 Å².